The number of aliphatic carboxylic acids is 1. The molecule has 8 heteroatoms. The van der Waals surface area contributed by atoms with E-state index in [0.29, 0.717) is 6.54 Å². The normalized spacial score (nSPS) is 11.7. The van der Waals surface area contributed by atoms with E-state index in [1.54, 1.807) is 6.92 Å². The van der Waals surface area contributed by atoms with E-state index in [-0.39, 0.29) is 18.8 Å². The van der Waals surface area contributed by atoms with Crippen LogP contribution in [0, 0.1) is 5.92 Å². The highest BCUT2D eigenvalue weighted by molar-refractivity contribution is 9.11. The standard InChI is InChI=1S/C12H15BrN2O4S/c1-7(5-11(17)18)4-10(16)15-12(19)14-6-8-2-3-9(13)20-8/h2-3,7H,4-6H2,1H3,(H,17,18)(H2,14,15,16,19). The summed E-state index contributed by atoms with van der Waals surface area (Å²) in [5.41, 5.74) is 0. The van der Waals surface area contributed by atoms with Gasteiger partial charge >= 0.3 is 12.0 Å². The summed E-state index contributed by atoms with van der Waals surface area (Å²) in [6.07, 6.45) is -0.0947. The minimum atomic E-state index is -0.960. The van der Waals surface area contributed by atoms with Gasteiger partial charge in [0.25, 0.3) is 0 Å². The molecule has 6 nitrogen and oxygen atoms in total. The minimum absolute atomic E-state index is 0.00424. The lowest BCUT2D eigenvalue weighted by Gasteiger charge is -2.09. The van der Waals surface area contributed by atoms with Gasteiger partial charge in [-0.15, -0.1) is 11.3 Å². The van der Waals surface area contributed by atoms with Gasteiger partial charge in [-0.2, -0.15) is 0 Å². The molecule has 0 aromatic carbocycles. The Morgan fingerprint density at radius 2 is 2.05 bits per heavy atom. The number of hydrogen-bond donors (Lipinski definition) is 3. The van der Waals surface area contributed by atoms with Crippen molar-refractivity contribution in [2.24, 2.45) is 5.92 Å². The summed E-state index contributed by atoms with van der Waals surface area (Å²) in [6, 6.07) is 3.16. The molecule has 1 rings (SSSR count). The average molecular weight is 363 g/mol. The Bertz CT molecular complexity index is 503. The Hall–Kier alpha value is -1.41. The largest absolute Gasteiger partial charge is 0.481 e. The van der Waals surface area contributed by atoms with Crippen LogP contribution in [0.15, 0.2) is 15.9 Å². The van der Waals surface area contributed by atoms with E-state index in [4.69, 9.17) is 5.11 Å². The lowest BCUT2D eigenvalue weighted by atomic mass is 10.0. The quantitative estimate of drug-likeness (QED) is 0.723. The van der Waals surface area contributed by atoms with Crippen LogP contribution in [-0.4, -0.2) is 23.0 Å². The zero-order valence-corrected chi connectivity index (χ0v) is 13.2. The van der Waals surface area contributed by atoms with Crippen molar-refractivity contribution in [3.63, 3.8) is 0 Å². The second kappa shape index (κ2) is 8.01. The molecule has 0 aliphatic heterocycles. The van der Waals surface area contributed by atoms with Crippen LogP contribution in [-0.2, 0) is 16.1 Å². The summed E-state index contributed by atoms with van der Waals surface area (Å²) < 4.78 is 0.966. The maximum absolute atomic E-state index is 11.5. The first-order valence-corrected chi connectivity index (χ1v) is 7.51. The minimum Gasteiger partial charge on any atom is -0.481 e. The number of imide groups is 1. The number of nitrogens with one attached hydrogen (secondary N) is 2. The predicted molar refractivity (Wildman–Crippen MR) is 78.4 cm³/mol. The van der Waals surface area contributed by atoms with Gasteiger partial charge in [0.2, 0.25) is 5.91 Å². The zero-order valence-electron chi connectivity index (χ0n) is 10.8. The molecule has 0 aliphatic carbocycles. The summed E-state index contributed by atoms with van der Waals surface area (Å²) in [4.78, 5) is 34.4. The summed E-state index contributed by atoms with van der Waals surface area (Å²) in [5.74, 6) is -1.75. The van der Waals surface area contributed by atoms with E-state index in [0.717, 1.165) is 8.66 Å². The Kier molecular flexibility index (Phi) is 6.66. The number of rotatable bonds is 6. The number of urea groups is 1. The number of carboxylic acids is 1. The molecule has 0 radical (unpaired) electrons. The highest BCUT2D eigenvalue weighted by Crippen LogP contribution is 2.21. The number of thiophene rings is 1. The molecular formula is C12H15BrN2O4S. The summed E-state index contributed by atoms with van der Waals surface area (Å²) in [7, 11) is 0. The maximum atomic E-state index is 11.5. The third-order valence-corrected chi connectivity index (χ3v) is 3.99. The van der Waals surface area contributed by atoms with E-state index >= 15 is 0 Å². The fraction of sp³-hybridized carbons (Fsp3) is 0.417. The number of carboxylic acid groups (broad SMARTS) is 1. The third kappa shape index (κ3) is 6.67. The molecule has 0 saturated carbocycles. The van der Waals surface area contributed by atoms with Crippen LogP contribution in [0.4, 0.5) is 4.79 Å². The summed E-state index contributed by atoms with van der Waals surface area (Å²) in [5, 5.41) is 13.3. The topological polar surface area (TPSA) is 95.5 Å². The monoisotopic (exact) mass is 362 g/mol. The van der Waals surface area contributed by atoms with Crippen molar-refractivity contribution in [3.05, 3.63) is 20.8 Å². The maximum Gasteiger partial charge on any atom is 0.321 e. The van der Waals surface area contributed by atoms with E-state index in [9.17, 15) is 14.4 Å². The first-order chi connectivity index (χ1) is 9.36. The van der Waals surface area contributed by atoms with Gasteiger partial charge in [-0.25, -0.2) is 4.79 Å². The van der Waals surface area contributed by atoms with Gasteiger partial charge in [0, 0.05) is 17.7 Å². The molecule has 0 fully saturated rings. The molecule has 3 amide bonds. The van der Waals surface area contributed by atoms with E-state index in [1.807, 2.05) is 12.1 Å². The average Bonchev–Trinajstić information content (AvgIpc) is 2.71. The Morgan fingerprint density at radius 3 is 2.60 bits per heavy atom. The second-order valence-corrected chi connectivity index (χ2v) is 6.89. The van der Waals surface area contributed by atoms with Gasteiger partial charge in [-0.05, 0) is 34.0 Å². The Morgan fingerprint density at radius 1 is 1.35 bits per heavy atom. The Labute approximate surface area is 128 Å². The van der Waals surface area contributed by atoms with Crippen LogP contribution in [0.25, 0.3) is 0 Å². The fourth-order valence-electron chi connectivity index (χ4n) is 1.52. The molecule has 20 heavy (non-hydrogen) atoms. The highest BCUT2D eigenvalue weighted by Gasteiger charge is 2.14. The summed E-state index contributed by atoms with van der Waals surface area (Å²) in [6.45, 7) is 1.98. The van der Waals surface area contributed by atoms with Crippen LogP contribution in [0.3, 0.4) is 0 Å². The van der Waals surface area contributed by atoms with Crippen LogP contribution in [0.1, 0.15) is 24.6 Å². The molecule has 1 aromatic heterocycles. The number of carbonyl (C=O) groups excluding carboxylic acids is 2. The molecule has 1 unspecified atom stereocenters. The number of amides is 3. The Balaban J connectivity index is 2.27. The van der Waals surface area contributed by atoms with E-state index in [1.165, 1.54) is 11.3 Å². The van der Waals surface area contributed by atoms with Crippen molar-refractivity contribution in [1.82, 2.24) is 10.6 Å². The molecule has 0 saturated heterocycles. The lowest BCUT2D eigenvalue weighted by molar-refractivity contribution is -0.138. The number of halogens is 1. The van der Waals surface area contributed by atoms with Crippen molar-refractivity contribution < 1.29 is 19.5 Å². The molecule has 0 aliphatic rings. The van der Waals surface area contributed by atoms with Gasteiger partial charge in [-0.1, -0.05) is 6.92 Å². The van der Waals surface area contributed by atoms with Gasteiger partial charge < -0.3 is 10.4 Å². The smallest absolute Gasteiger partial charge is 0.321 e. The number of carbonyl (C=O) groups is 3. The van der Waals surface area contributed by atoms with Crippen LogP contribution in [0.2, 0.25) is 0 Å². The first kappa shape index (κ1) is 16.6. The van der Waals surface area contributed by atoms with Crippen molar-refractivity contribution >= 4 is 45.2 Å². The highest BCUT2D eigenvalue weighted by atomic mass is 79.9. The molecule has 3 N–H and O–H groups in total. The fourth-order valence-corrected chi connectivity index (χ4v) is 2.95. The van der Waals surface area contributed by atoms with E-state index < -0.39 is 17.9 Å². The third-order valence-electron chi connectivity index (χ3n) is 2.36. The van der Waals surface area contributed by atoms with Crippen LogP contribution < -0.4 is 10.6 Å². The number of hydrogen-bond acceptors (Lipinski definition) is 4. The van der Waals surface area contributed by atoms with Crippen LogP contribution in [0.5, 0.6) is 0 Å². The second-order valence-electron chi connectivity index (χ2n) is 4.34. The van der Waals surface area contributed by atoms with Crippen molar-refractivity contribution in [2.45, 2.75) is 26.3 Å². The molecule has 1 aromatic rings. The molecule has 0 bridgehead atoms. The molecule has 1 heterocycles. The van der Waals surface area contributed by atoms with Crippen molar-refractivity contribution in [3.8, 4) is 0 Å². The van der Waals surface area contributed by atoms with Gasteiger partial charge in [0.1, 0.15) is 0 Å². The lowest BCUT2D eigenvalue weighted by Crippen LogP contribution is -2.39. The van der Waals surface area contributed by atoms with Crippen LogP contribution >= 0.6 is 27.3 Å². The van der Waals surface area contributed by atoms with Gasteiger partial charge in [0.15, 0.2) is 0 Å². The summed E-state index contributed by atoms with van der Waals surface area (Å²) >= 11 is 4.80. The van der Waals surface area contributed by atoms with Crippen molar-refractivity contribution in [1.29, 1.82) is 0 Å². The van der Waals surface area contributed by atoms with Crippen molar-refractivity contribution in [2.75, 3.05) is 0 Å². The predicted octanol–water partition coefficient (Wildman–Crippen LogP) is 2.34. The SMILES string of the molecule is CC(CC(=O)O)CC(=O)NC(=O)NCc1ccc(Br)s1. The van der Waals surface area contributed by atoms with Gasteiger partial charge in [-0.3, -0.25) is 14.9 Å². The first-order valence-electron chi connectivity index (χ1n) is 5.90. The molecule has 0 spiro atoms. The molecule has 110 valence electrons. The molecular weight excluding hydrogens is 348 g/mol. The van der Waals surface area contributed by atoms with Gasteiger partial charge in [0.05, 0.1) is 10.3 Å². The zero-order chi connectivity index (χ0) is 15.1. The molecule has 1 atom stereocenters. The van der Waals surface area contributed by atoms with E-state index in [2.05, 4.69) is 26.6 Å².